The van der Waals surface area contributed by atoms with E-state index >= 15 is 0 Å². The third kappa shape index (κ3) is 68.0. The molecular formula is C77H126O6. The standard InChI is InChI=1S/C77H126O6/c1-4-7-10-13-16-19-22-25-28-31-32-33-34-35-36-37-38-39-40-41-42-43-44-47-49-52-55-58-61-64-67-70-76(79)82-73-74(83-77(80)71-68-65-62-59-56-53-50-46-30-27-24-21-18-15-12-9-6-3)72-81-75(78)69-66-63-60-57-54-51-48-45-29-26-23-20-17-14-11-8-5-2/h7,9-10,12,16,18-19,21,25-30,32-33,35-36,38-39,41-42,50,53,74H,4-6,8,11,13-15,17,20,22-24,31,34,37,40,43-49,51-52,54-73H2,1-3H3/b10-7-,12-9-,19-16-,21-18-,28-25-,29-26-,30-27-,33-32-,36-35-,39-38-,42-41-,53-50-. The minimum absolute atomic E-state index is 0.0953. The Balaban J connectivity index is 4.37. The smallest absolute Gasteiger partial charge is 0.306 e. The van der Waals surface area contributed by atoms with Gasteiger partial charge in [0.2, 0.25) is 0 Å². The minimum Gasteiger partial charge on any atom is -0.462 e. The Morgan fingerprint density at radius 3 is 0.747 bits per heavy atom. The van der Waals surface area contributed by atoms with Crippen LogP contribution in [-0.4, -0.2) is 37.2 Å². The second-order valence-electron chi connectivity index (χ2n) is 22.3. The molecule has 0 aliphatic carbocycles. The first-order valence-electron chi connectivity index (χ1n) is 34.3. The molecule has 0 bridgehead atoms. The van der Waals surface area contributed by atoms with E-state index in [1.807, 2.05) is 0 Å². The van der Waals surface area contributed by atoms with Gasteiger partial charge in [0.1, 0.15) is 13.2 Å². The normalized spacial score (nSPS) is 13.0. The van der Waals surface area contributed by atoms with Gasteiger partial charge in [-0.05, 0) is 141 Å². The zero-order chi connectivity index (χ0) is 59.9. The molecule has 6 nitrogen and oxygen atoms in total. The highest BCUT2D eigenvalue weighted by molar-refractivity contribution is 5.71. The fourth-order valence-electron chi connectivity index (χ4n) is 9.23. The van der Waals surface area contributed by atoms with Crippen LogP contribution in [0.3, 0.4) is 0 Å². The lowest BCUT2D eigenvalue weighted by Gasteiger charge is -2.18. The maximum Gasteiger partial charge on any atom is 0.306 e. The van der Waals surface area contributed by atoms with Crippen LogP contribution in [-0.2, 0) is 28.6 Å². The van der Waals surface area contributed by atoms with E-state index in [9.17, 15) is 14.4 Å². The van der Waals surface area contributed by atoms with Crippen LogP contribution in [0.1, 0.15) is 303 Å². The fraction of sp³-hybridized carbons (Fsp3) is 0.649. The monoisotopic (exact) mass is 1150 g/mol. The summed E-state index contributed by atoms with van der Waals surface area (Å²) in [6, 6.07) is 0. The number of esters is 3. The van der Waals surface area contributed by atoms with Crippen LogP contribution in [0, 0.1) is 0 Å². The molecular weight excluding hydrogens is 1020 g/mol. The van der Waals surface area contributed by atoms with Crippen LogP contribution < -0.4 is 0 Å². The number of carbonyl (C=O) groups is 3. The van der Waals surface area contributed by atoms with E-state index in [0.717, 1.165) is 148 Å². The molecule has 0 spiro atoms. The van der Waals surface area contributed by atoms with Crippen molar-refractivity contribution in [1.29, 1.82) is 0 Å². The number of ether oxygens (including phenoxy) is 3. The summed E-state index contributed by atoms with van der Waals surface area (Å²) in [5.41, 5.74) is 0. The SMILES string of the molecule is CC/C=C\C/C=C\C/C=C\C/C=C\C/C=C\C/C=C\C/C=C\CCCCCCCCCCCC(=O)OCC(COC(=O)CCCCCCCCC/C=C\CCCCCCCC)OC(=O)CCCCCC/C=C\C/C=C\C/C=C\C/C=C\CC. The minimum atomic E-state index is -0.802. The second-order valence-corrected chi connectivity index (χ2v) is 22.3. The van der Waals surface area contributed by atoms with Crippen LogP contribution >= 0.6 is 0 Å². The zero-order valence-corrected chi connectivity index (χ0v) is 53.9. The highest BCUT2D eigenvalue weighted by atomic mass is 16.6. The molecule has 0 N–H and O–H groups in total. The first kappa shape index (κ1) is 78.3. The fourth-order valence-corrected chi connectivity index (χ4v) is 9.23. The van der Waals surface area contributed by atoms with E-state index in [-0.39, 0.29) is 31.1 Å². The molecule has 0 aromatic carbocycles. The molecule has 0 radical (unpaired) electrons. The predicted molar refractivity (Wildman–Crippen MR) is 362 cm³/mol. The Morgan fingerprint density at radius 2 is 0.470 bits per heavy atom. The first-order valence-corrected chi connectivity index (χ1v) is 34.3. The quantitative estimate of drug-likeness (QED) is 0.0261. The van der Waals surface area contributed by atoms with Crippen molar-refractivity contribution in [2.24, 2.45) is 0 Å². The Labute approximate surface area is 512 Å². The molecule has 470 valence electrons. The maximum atomic E-state index is 12.9. The van der Waals surface area contributed by atoms with Gasteiger partial charge in [-0.2, -0.15) is 0 Å². The highest BCUT2D eigenvalue weighted by Gasteiger charge is 2.19. The van der Waals surface area contributed by atoms with Crippen molar-refractivity contribution in [2.45, 2.75) is 309 Å². The first-order chi connectivity index (χ1) is 41.0. The number of rotatable bonds is 61. The molecule has 6 heteroatoms. The maximum absolute atomic E-state index is 12.9. The van der Waals surface area contributed by atoms with Crippen molar-refractivity contribution < 1.29 is 28.6 Å². The Morgan fingerprint density at radius 1 is 0.253 bits per heavy atom. The number of allylic oxidation sites excluding steroid dienone is 24. The number of hydrogen-bond acceptors (Lipinski definition) is 6. The van der Waals surface area contributed by atoms with E-state index in [1.165, 1.54) is 116 Å². The van der Waals surface area contributed by atoms with Crippen molar-refractivity contribution in [3.8, 4) is 0 Å². The number of unbranched alkanes of at least 4 members (excludes halogenated alkanes) is 26. The molecule has 0 saturated heterocycles. The largest absolute Gasteiger partial charge is 0.462 e. The molecule has 0 aromatic rings. The van der Waals surface area contributed by atoms with Crippen LogP contribution in [0.5, 0.6) is 0 Å². The topological polar surface area (TPSA) is 78.9 Å². The van der Waals surface area contributed by atoms with Crippen LogP contribution in [0.2, 0.25) is 0 Å². The molecule has 0 aliphatic rings. The summed E-state index contributed by atoms with van der Waals surface area (Å²) in [4.78, 5) is 38.4. The molecule has 0 aromatic heterocycles. The lowest BCUT2D eigenvalue weighted by Crippen LogP contribution is -2.30. The van der Waals surface area contributed by atoms with Gasteiger partial charge in [0.25, 0.3) is 0 Å². The van der Waals surface area contributed by atoms with Gasteiger partial charge >= 0.3 is 17.9 Å². The number of carbonyl (C=O) groups excluding carboxylic acids is 3. The average Bonchev–Trinajstić information content (AvgIpc) is 3.49. The van der Waals surface area contributed by atoms with Crippen LogP contribution in [0.4, 0.5) is 0 Å². The molecule has 0 amide bonds. The molecule has 83 heavy (non-hydrogen) atoms. The van der Waals surface area contributed by atoms with Gasteiger partial charge in [0.05, 0.1) is 0 Å². The van der Waals surface area contributed by atoms with Gasteiger partial charge < -0.3 is 14.2 Å². The average molecular weight is 1150 g/mol. The second kappa shape index (κ2) is 69.8. The van der Waals surface area contributed by atoms with Crippen LogP contribution in [0.15, 0.2) is 146 Å². The zero-order valence-electron chi connectivity index (χ0n) is 53.9. The van der Waals surface area contributed by atoms with Gasteiger partial charge in [-0.3, -0.25) is 14.4 Å². The van der Waals surface area contributed by atoms with Gasteiger partial charge in [0.15, 0.2) is 6.10 Å². The van der Waals surface area contributed by atoms with Crippen molar-refractivity contribution in [1.82, 2.24) is 0 Å². The van der Waals surface area contributed by atoms with E-state index in [4.69, 9.17) is 14.2 Å². The lowest BCUT2D eigenvalue weighted by atomic mass is 10.1. The summed E-state index contributed by atoms with van der Waals surface area (Å²) in [7, 11) is 0. The third-order valence-electron chi connectivity index (χ3n) is 14.3. The molecule has 0 fully saturated rings. The molecule has 0 aliphatic heterocycles. The third-order valence-corrected chi connectivity index (χ3v) is 14.3. The summed E-state index contributed by atoms with van der Waals surface area (Å²) in [6.45, 7) is 6.39. The van der Waals surface area contributed by atoms with Gasteiger partial charge in [0, 0.05) is 19.3 Å². The van der Waals surface area contributed by atoms with Gasteiger partial charge in [-0.1, -0.05) is 289 Å². The summed E-state index contributed by atoms with van der Waals surface area (Å²) in [6.07, 6.45) is 100. The van der Waals surface area contributed by atoms with E-state index in [2.05, 4.69) is 167 Å². The highest BCUT2D eigenvalue weighted by Crippen LogP contribution is 2.15. The molecule has 1 atom stereocenters. The van der Waals surface area contributed by atoms with Crippen molar-refractivity contribution in [3.05, 3.63) is 146 Å². The summed E-state index contributed by atoms with van der Waals surface area (Å²) >= 11 is 0. The molecule has 0 saturated carbocycles. The Kier molecular flexibility index (Phi) is 65.8. The summed E-state index contributed by atoms with van der Waals surface area (Å²) < 4.78 is 16.9. The predicted octanol–water partition coefficient (Wildman–Crippen LogP) is 23.9. The molecule has 0 heterocycles. The number of hydrogen-bond donors (Lipinski definition) is 0. The lowest BCUT2D eigenvalue weighted by molar-refractivity contribution is -0.167. The van der Waals surface area contributed by atoms with Crippen molar-refractivity contribution in [2.75, 3.05) is 13.2 Å². The Hall–Kier alpha value is -4.71. The van der Waals surface area contributed by atoms with Crippen molar-refractivity contribution in [3.63, 3.8) is 0 Å². The van der Waals surface area contributed by atoms with E-state index in [1.54, 1.807) is 0 Å². The molecule has 1 unspecified atom stereocenters. The summed E-state index contributed by atoms with van der Waals surface area (Å²) in [5, 5.41) is 0. The van der Waals surface area contributed by atoms with Gasteiger partial charge in [-0.15, -0.1) is 0 Å². The molecule has 0 rings (SSSR count). The Bertz CT molecular complexity index is 1800. The van der Waals surface area contributed by atoms with Crippen LogP contribution in [0.25, 0.3) is 0 Å². The van der Waals surface area contributed by atoms with E-state index < -0.39 is 6.10 Å². The van der Waals surface area contributed by atoms with Crippen molar-refractivity contribution >= 4 is 17.9 Å². The summed E-state index contributed by atoms with van der Waals surface area (Å²) in [5.74, 6) is -0.925. The van der Waals surface area contributed by atoms with E-state index in [0.29, 0.717) is 19.3 Å². The van der Waals surface area contributed by atoms with Gasteiger partial charge in [-0.25, -0.2) is 0 Å².